The lowest BCUT2D eigenvalue weighted by molar-refractivity contribution is 0.0692. The molecule has 2 aliphatic heterocycles. The smallest absolute Gasteiger partial charge is 0.266 e. The van der Waals surface area contributed by atoms with Crippen LogP contribution in [0, 0.1) is 0 Å². The normalized spacial score (nSPS) is 14.1. The zero-order valence-corrected chi connectivity index (χ0v) is 21.5. The number of ether oxygens (including phenoxy) is 1. The third kappa shape index (κ3) is 3.93. The van der Waals surface area contributed by atoms with E-state index in [0.29, 0.717) is 45.0 Å². The number of amides is 4. The second-order valence-electron chi connectivity index (χ2n) is 9.62. The maximum Gasteiger partial charge on any atom is 0.266 e. The molecule has 0 aliphatic carbocycles. The highest BCUT2D eigenvalue weighted by Crippen LogP contribution is 2.34. The summed E-state index contributed by atoms with van der Waals surface area (Å²) in [7, 11) is 5.37. The number of hydrogen-bond donors (Lipinski definition) is 0. The van der Waals surface area contributed by atoms with Crippen LogP contribution in [0.3, 0.4) is 0 Å². The van der Waals surface area contributed by atoms with Gasteiger partial charge in [0.05, 0.1) is 27.9 Å². The fourth-order valence-electron chi connectivity index (χ4n) is 4.81. The number of nitrogens with zero attached hydrogens (tertiary/aromatic N) is 3. The molecule has 8 nitrogen and oxygen atoms in total. The number of fused-ring (bicyclic) bond motifs is 2. The van der Waals surface area contributed by atoms with E-state index in [9.17, 15) is 19.2 Å². The minimum atomic E-state index is -0.433. The Balaban J connectivity index is 1.24. The van der Waals surface area contributed by atoms with Gasteiger partial charge in [-0.1, -0.05) is 12.1 Å². The molecule has 0 bridgehead atoms. The third-order valence-electron chi connectivity index (χ3n) is 6.99. The fraction of sp³-hybridized carbons (Fsp3) is 0.0968. The SMILES string of the molecule is CN1C(=O)c2ccc(-c3ccc4c(c3)C(=O)N(c3ccc(Oc5ccc(N(C)C)cc5)cc3)C4=O)cc2C1=O. The van der Waals surface area contributed by atoms with Crippen molar-refractivity contribution in [3.63, 3.8) is 0 Å². The minimum absolute atomic E-state index is 0.277. The van der Waals surface area contributed by atoms with Crippen molar-refractivity contribution in [3.8, 4) is 22.6 Å². The van der Waals surface area contributed by atoms with E-state index in [0.717, 1.165) is 15.5 Å². The molecule has 0 radical (unpaired) electrons. The van der Waals surface area contributed by atoms with E-state index >= 15 is 0 Å². The molecule has 0 N–H and O–H groups in total. The molecule has 4 amide bonds. The third-order valence-corrected chi connectivity index (χ3v) is 6.99. The number of anilines is 2. The average Bonchev–Trinajstić information content (AvgIpc) is 3.33. The topological polar surface area (TPSA) is 87.2 Å². The number of carbonyl (C=O) groups excluding carboxylic acids is 4. The first-order valence-electron chi connectivity index (χ1n) is 12.3. The molecule has 0 spiro atoms. The number of imide groups is 2. The summed E-state index contributed by atoms with van der Waals surface area (Å²) in [6.45, 7) is 0. The van der Waals surface area contributed by atoms with Crippen LogP contribution in [0.2, 0.25) is 0 Å². The maximum absolute atomic E-state index is 13.3. The highest BCUT2D eigenvalue weighted by atomic mass is 16.5. The summed E-state index contributed by atoms with van der Waals surface area (Å²) in [4.78, 5) is 55.4. The van der Waals surface area contributed by atoms with Crippen molar-refractivity contribution < 1.29 is 23.9 Å². The second kappa shape index (κ2) is 8.95. The molecule has 0 saturated heterocycles. The predicted octanol–water partition coefficient (Wildman–Crippen LogP) is 5.24. The quantitative estimate of drug-likeness (QED) is 0.337. The van der Waals surface area contributed by atoms with Crippen LogP contribution in [-0.4, -0.2) is 49.7 Å². The number of carbonyl (C=O) groups is 4. The Labute approximate surface area is 224 Å². The van der Waals surface area contributed by atoms with E-state index in [-0.39, 0.29) is 17.4 Å². The molecule has 4 aromatic rings. The Kier molecular flexibility index (Phi) is 5.54. The monoisotopic (exact) mass is 517 g/mol. The molecule has 192 valence electrons. The molecular formula is C31H23N3O5. The lowest BCUT2D eigenvalue weighted by Gasteiger charge is -2.15. The molecule has 8 heteroatoms. The molecule has 0 unspecified atom stereocenters. The number of hydrogen-bond acceptors (Lipinski definition) is 6. The summed E-state index contributed by atoms with van der Waals surface area (Å²) >= 11 is 0. The van der Waals surface area contributed by atoms with Crippen LogP contribution in [0.1, 0.15) is 41.4 Å². The van der Waals surface area contributed by atoms with E-state index in [1.165, 1.54) is 7.05 Å². The van der Waals surface area contributed by atoms with Gasteiger partial charge in [0.15, 0.2) is 0 Å². The summed E-state index contributed by atoms with van der Waals surface area (Å²) in [6.07, 6.45) is 0. The summed E-state index contributed by atoms with van der Waals surface area (Å²) in [6, 6.07) is 24.4. The van der Waals surface area contributed by atoms with Crippen LogP contribution < -0.4 is 14.5 Å². The highest BCUT2D eigenvalue weighted by Gasteiger charge is 2.37. The number of benzene rings is 4. The summed E-state index contributed by atoms with van der Waals surface area (Å²) < 4.78 is 5.91. The molecule has 0 saturated carbocycles. The first-order chi connectivity index (χ1) is 18.7. The van der Waals surface area contributed by atoms with Gasteiger partial charge in [-0.05, 0) is 83.9 Å². The van der Waals surface area contributed by atoms with Gasteiger partial charge in [0.2, 0.25) is 0 Å². The van der Waals surface area contributed by atoms with Gasteiger partial charge >= 0.3 is 0 Å². The molecule has 6 rings (SSSR count). The standard InChI is InChI=1S/C31H23N3O5/c1-32(2)20-6-10-22(11-7-20)39-23-12-8-21(9-13-23)34-30(37)25-15-5-19(17-27(25)31(34)38)18-4-14-24-26(16-18)29(36)33(3)28(24)35/h4-17H,1-3H3. The van der Waals surface area contributed by atoms with Crippen LogP contribution in [0.25, 0.3) is 11.1 Å². The van der Waals surface area contributed by atoms with Crippen molar-refractivity contribution in [1.82, 2.24) is 4.90 Å². The Morgan fingerprint density at radius 1 is 0.564 bits per heavy atom. The molecule has 0 fully saturated rings. The van der Waals surface area contributed by atoms with Gasteiger partial charge < -0.3 is 9.64 Å². The predicted molar refractivity (Wildman–Crippen MR) is 147 cm³/mol. The maximum atomic E-state index is 13.3. The molecule has 0 aromatic heterocycles. The second-order valence-corrected chi connectivity index (χ2v) is 9.62. The first kappa shape index (κ1) is 24.1. The van der Waals surface area contributed by atoms with Gasteiger partial charge in [-0.2, -0.15) is 0 Å². The Morgan fingerprint density at radius 2 is 1.03 bits per heavy atom. The highest BCUT2D eigenvalue weighted by molar-refractivity contribution is 6.34. The average molecular weight is 518 g/mol. The molecular weight excluding hydrogens is 494 g/mol. The van der Waals surface area contributed by atoms with Crippen molar-refractivity contribution in [1.29, 1.82) is 0 Å². The van der Waals surface area contributed by atoms with Gasteiger partial charge in [0.25, 0.3) is 23.6 Å². The summed E-state index contributed by atoms with van der Waals surface area (Å²) in [5, 5.41) is 0. The van der Waals surface area contributed by atoms with Crippen LogP contribution in [-0.2, 0) is 0 Å². The van der Waals surface area contributed by atoms with Gasteiger partial charge in [0.1, 0.15) is 11.5 Å². The van der Waals surface area contributed by atoms with E-state index < -0.39 is 11.8 Å². The van der Waals surface area contributed by atoms with Gasteiger partial charge in [-0.25, -0.2) is 4.90 Å². The summed E-state index contributed by atoms with van der Waals surface area (Å²) in [5.41, 5.74) is 4.08. The summed E-state index contributed by atoms with van der Waals surface area (Å²) in [5.74, 6) is -0.307. The van der Waals surface area contributed by atoms with Crippen LogP contribution >= 0.6 is 0 Å². The number of rotatable bonds is 5. The lowest BCUT2D eigenvalue weighted by atomic mass is 9.97. The first-order valence-corrected chi connectivity index (χ1v) is 12.3. The van der Waals surface area contributed by atoms with Crippen LogP contribution in [0.4, 0.5) is 11.4 Å². The molecule has 39 heavy (non-hydrogen) atoms. The zero-order valence-electron chi connectivity index (χ0n) is 21.5. The van der Waals surface area contributed by atoms with Crippen molar-refractivity contribution >= 4 is 35.0 Å². The van der Waals surface area contributed by atoms with Crippen molar-refractivity contribution in [2.45, 2.75) is 0 Å². The van der Waals surface area contributed by atoms with E-state index in [2.05, 4.69) is 0 Å². The lowest BCUT2D eigenvalue weighted by Crippen LogP contribution is -2.29. The zero-order chi connectivity index (χ0) is 27.4. The Morgan fingerprint density at radius 3 is 1.59 bits per heavy atom. The Hall–Kier alpha value is -5.24. The van der Waals surface area contributed by atoms with Crippen molar-refractivity contribution in [3.05, 3.63) is 107 Å². The van der Waals surface area contributed by atoms with Gasteiger partial charge in [-0.3, -0.25) is 24.1 Å². The van der Waals surface area contributed by atoms with Crippen LogP contribution in [0.5, 0.6) is 11.5 Å². The molecule has 2 aliphatic rings. The molecule has 2 heterocycles. The van der Waals surface area contributed by atoms with Gasteiger partial charge in [-0.15, -0.1) is 0 Å². The molecule has 0 atom stereocenters. The van der Waals surface area contributed by atoms with Crippen LogP contribution in [0.15, 0.2) is 84.9 Å². The van der Waals surface area contributed by atoms with Crippen molar-refractivity contribution in [2.75, 3.05) is 30.9 Å². The minimum Gasteiger partial charge on any atom is -0.457 e. The Bertz CT molecular complexity index is 1690. The molecule has 4 aromatic carbocycles. The fourth-order valence-corrected chi connectivity index (χ4v) is 4.81. The van der Waals surface area contributed by atoms with E-state index in [1.807, 2.05) is 43.3 Å². The van der Waals surface area contributed by atoms with Gasteiger partial charge in [0, 0.05) is 26.8 Å². The van der Waals surface area contributed by atoms with Crippen molar-refractivity contribution in [2.24, 2.45) is 0 Å². The van der Waals surface area contributed by atoms with E-state index in [1.54, 1.807) is 60.7 Å². The largest absolute Gasteiger partial charge is 0.457 e. The van der Waals surface area contributed by atoms with E-state index in [4.69, 9.17) is 4.74 Å².